The highest BCUT2D eigenvalue weighted by atomic mass is 19.3. The molecule has 0 radical (unpaired) electrons. The molecule has 28 heavy (non-hydrogen) atoms. The molecule has 1 heterocycles. The summed E-state index contributed by atoms with van der Waals surface area (Å²) < 4.78 is 35.6. The van der Waals surface area contributed by atoms with Gasteiger partial charge in [-0.15, -0.1) is 0 Å². The smallest absolute Gasteiger partial charge is 0.377 e. The molecular formula is C20H35F2NO5. The molecule has 3 N–H and O–H groups in total. The molecule has 1 saturated heterocycles. The molecule has 2 atom stereocenters. The molecule has 0 spiro atoms. The van der Waals surface area contributed by atoms with Crippen LogP contribution in [0, 0.1) is 0 Å². The quantitative estimate of drug-likeness (QED) is 0.647. The number of hydrogen-bond donors (Lipinski definition) is 3. The lowest BCUT2D eigenvalue weighted by molar-refractivity contribution is -0.206. The molecule has 0 aromatic rings. The van der Waals surface area contributed by atoms with E-state index in [2.05, 4.69) is 5.32 Å². The molecule has 0 aromatic heterocycles. The van der Waals surface area contributed by atoms with E-state index in [4.69, 9.17) is 19.7 Å². The molecule has 3 fully saturated rings. The van der Waals surface area contributed by atoms with Crippen LogP contribution in [0.4, 0.5) is 8.78 Å². The lowest BCUT2D eigenvalue weighted by Crippen LogP contribution is -2.49. The van der Waals surface area contributed by atoms with E-state index in [0.29, 0.717) is 0 Å². The molecule has 3 rings (SSSR count). The number of halogens is 2. The molecule has 1 unspecified atom stereocenters. The maximum atomic E-state index is 12.9. The third kappa shape index (κ3) is 6.90. The summed E-state index contributed by atoms with van der Waals surface area (Å²) in [5.41, 5.74) is 0. The lowest BCUT2D eigenvalue weighted by Gasteiger charge is -2.30. The Hall–Kier alpha value is -0.830. The van der Waals surface area contributed by atoms with Crippen molar-refractivity contribution in [1.29, 1.82) is 0 Å². The van der Waals surface area contributed by atoms with E-state index in [1.54, 1.807) is 0 Å². The fraction of sp³-hybridized carbons (Fsp3) is 0.950. The van der Waals surface area contributed by atoms with Gasteiger partial charge in [-0.1, -0.05) is 38.5 Å². The van der Waals surface area contributed by atoms with Gasteiger partial charge in [-0.2, -0.15) is 8.78 Å². The van der Waals surface area contributed by atoms with E-state index >= 15 is 0 Å². The zero-order chi connectivity index (χ0) is 20.8. The number of rotatable bonds is 5. The summed E-state index contributed by atoms with van der Waals surface area (Å²) in [6, 6.07) is 1.74. The van der Waals surface area contributed by atoms with Crippen LogP contribution in [-0.2, 0) is 14.3 Å². The molecular weight excluding hydrogens is 372 g/mol. The van der Waals surface area contributed by atoms with Gasteiger partial charge in [0.2, 0.25) is 0 Å². The number of alkyl halides is 2. The number of aliphatic hydroxyl groups is 1. The third-order valence-electron chi connectivity index (χ3n) is 5.72. The van der Waals surface area contributed by atoms with Gasteiger partial charge in [-0.25, -0.2) is 4.79 Å². The van der Waals surface area contributed by atoms with Gasteiger partial charge in [0.15, 0.2) is 11.9 Å². The molecule has 0 amide bonds. The Balaban J connectivity index is 0.000000202. The summed E-state index contributed by atoms with van der Waals surface area (Å²) in [5, 5.41) is 21.2. The van der Waals surface area contributed by atoms with Crippen molar-refractivity contribution in [2.24, 2.45) is 0 Å². The summed E-state index contributed by atoms with van der Waals surface area (Å²) >= 11 is 0. The number of ether oxygens (including phenoxy) is 2. The van der Waals surface area contributed by atoms with Gasteiger partial charge in [0, 0.05) is 12.1 Å². The Labute approximate surface area is 166 Å². The summed E-state index contributed by atoms with van der Waals surface area (Å²) in [5.74, 6) is -7.71. The minimum atomic E-state index is -4.24. The lowest BCUT2D eigenvalue weighted by atomic mass is 9.91. The maximum Gasteiger partial charge on any atom is 0.377 e. The first-order chi connectivity index (χ1) is 13.1. The number of aliphatic carboxylic acids is 1. The van der Waals surface area contributed by atoms with Crippen LogP contribution in [0.3, 0.4) is 0 Å². The van der Waals surface area contributed by atoms with Crippen LogP contribution in [0.15, 0.2) is 0 Å². The zero-order valence-corrected chi connectivity index (χ0v) is 17.0. The number of carbonyl (C=O) groups is 1. The molecule has 6 nitrogen and oxygen atoms in total. The first-order valence-corrected chi connectivity index (χ1v) is 10.5. The molecule has 0 aromatic carbocycles. The minimum absolute atomic E-state index is 0.267. The fourth-order valence-corrected chi connectivity index (χ4v) is 4.10. The third-order valence-corrected chi connectivity index (χ3v) is 5.72. The molecule has 2 aliphatic carbocycles. The number of nitrogens with one attached hydrogen (secondary N) is 1. The van der Waals surface area contributed by atoms with E-state index in [1.807, 2.05) is 0 Å². The predicted molar refractivity (Wildman–Crippen MR) is 100 cm³/mol. The van der Waals surface area contributed by atoms with E-state index in [-0.39, 0.29) is 6.61 Å². The van der Waals surface area contributed by atoms with Crippen molar-refractivity contribution in [3.8, 4) is 0 Å². The van der Waals surface area contributed by atoms with Crippen LogP contribution in [0.2, 0.25) is 0 Å². The predicted octanol–water partition coefficient (Wildman–Crippen LogP) is 3.46. The molecule has 0 bridgehead atoms. The van der Waals surface area contributed by atoms with Crippen LogP contribution >= 0.6 is 0 Å². The first kappa shape index (κ1) is 23.4. The topological polar surface area (TPSA) is 88.0 Å². The molecule has 8 heteroatoms. The zero-order valence-electron chi connectivity index (χ0n) is 17.0. The van der Waals surface area contributed by atoms with Gasteiger partial charge < -0.3 is 25.0 Å². The fourth-order valence-electron chi connectivity index (χ4n) is 4.10. The highest BCUT2D eigenvalue weighted by molar-refractivity contribution is 5.76. The van der Waals surface area contributed by atoms with Gasteiger partial charge in [-0.05, 0) is 39.5 Å². The highest BCUT2D eigenvalue weighted by Gasteiger charge is 2.54. The summed E-state index contributed by atoms with van der Waals surface area (Å²) in [4.78, 5) is 10.2. The van der Waals surface area contributed by atoms with E-state index in [0.717, 1.165) is 12.1 Å². The van der Waals surface area contributed by atoms with Gasteiger partial charge in [0.25, 0.3) is 0 Å². The van der Waals surface area contributed by atoms with Crippen molar-refractivity contribution in [1.82, 2.24) is 5.32 Å². The second-order valence-electron chi connectivity index (χ2n) is 8.58. The van der Waals surface area contributed by atoms with Crippen molar-refractivity contribution in [3.05, 3.63) is 0 Å². The number of aliphatic hydroxyl groups excluding tert-OH is 1. The average Bonchev–Trinajstić information content (AvgIpc) is 3.03. The second kappa shape index (κ2) is 10.3. The Morgan fingerprint density at radius 1 is 1.04 bits per heavy atom. The summed E-state index contributed by atoms with van der Waals surface area (Å²) in [7, 11) is 0. The summed E-state index contributed by atoms with van der Waals surface area (Å²) in [6.45, 7) is 2.70. The van der Waals surface area contributed by atoms with Crippen molar-refractivity contribution in [3.63, 3.8) is 0 Å². The Bertz CT molecular complexity index is 475. The van der Waals surface area contributed by atoms with E-state index in [9.17, 15) is 13.6 Å². The maximum absolute atomic E-state index is 12.9. The second-order valence-corrected chi connectivity index (χ2v) is 8.58. The minimum Gasteiger partial charge on any atom is -0.477 e. The van der Waals surface area contributed by atoms with Gasteiger partial charge in [0.1, 0.15) is 6.10 Å². The molecule has 3 aliphatic rings. The van der Waals surface area contributed by atoms with E-state index in [1.165, 1.54) is 78.1 Å². The van der Waals surface area contributed by atoms with Crippen molar-refractivity contribution < 1.29 is 33.3 Å². The highest BCUT2D eigenvalue weighted by Crippen LogP contribution is 2.30. The van der Waals surface area contributed by atoms with Gasteiger partial charge >= 0.3 is 11.9 Å². The van der Waals surface area contributed by atoms with Crippen LogP contribution < -0.4 is 5.32 Å². The normalized spacial score (nSPS) is 27.7. The monoisotopic (exact) mass is 407 g/mol. The summed E-state index contributed by atoms with van der Waals surface area (Å²) in [6.07, 6.45) is 10.8. The average molecular weight is 407 g/mol. The Kier molecular flexibility index (Phi) is 8.60. The van der Waals surface area contributed by atoms with Crippen molar-refractivity contribution in [2.75, 3.05) is 6.61 Å². The van der Waals surface area contributed by atoms with Crippen LogP contribution in [0.25, 0.3) is 0 Å². The van der Waals surface area contributed by atoms with Crippen LogP contribution in [-0.4, -0.2) is 58.8 Å². The molecule has 2 saturated carbocycles. The first-order valence-electron chi connectivity index (χ1n) is 10.5. The Morgan fingerprint density at radius 3 is 1.86 bits per heavy atom. The standard InChI is InChI=1S/C12H23N.C8H12F2O5/c1-3-7-11(8-4-1)13-12-9-5-2-6-10-12;1-7(2)14-3-4(15-7)5(11)8(9,10)6(12)13/h11-13H,1-10H2;4-5,11H,3H2,1-2H3,(H,12,13)/t;4?,5-/m.0/s1. The van der Waals surface area contributed by atoms with E-state index < -0.39 is 29.9 Å². The van der Waals surface area contributed by atoms with Crippen LogP contribution in [0.5, 0.6) is 0 Å². The number of carboxylic acids is 1. The molecule has 164 valence electrons. The van der Waals surface area contributed by atoms with Gasteiger partial charge in [-0.3, -0.25) is 0 Å². The number of hydrogen-bond acceptors (Lipinski definition) is 5. The van der Waals surface area contributed by atoms with Crippen molar-refractivity contribution >= 4 is 5.97 Å². The Morgan fingerprint density at radius 2 is 1.50 bits per heavy atom. The van der Waals surface area contributed by atoms with Crippen LogP contribution in [0.1, 0.15) is 78.1 Å². The largest absolute Gasteiger partial charge is 0.477 e. The number of carboxylic acid groups (broad SMARTS) is 1. The SMILES string of the molecule is C1CCC(NC2CCCCC2)CC1.CC1(C)OCC([C@H](O)C(F)(F)C(=O)O)O1. The molecule has 1 aliphatic heterocycles. The van der Waals surface area contributed by atoms with Gasteiger partial charge in [0.05, 0.1) is 6.61 Å². The van der Waals surface area contributed by atoms with Crippen molar-refractivity contribution in [2.45, 2.75) is 114 Å².